The molecule has 0 fully saturated rings. The molecule has 9 nitrogen and oxygen atoms in total. The summed E-state index contributed by atoms with van der Waals surface area (Å²) in [5, 5.41) is 0. The van der Waals surface area contributed by atoms with Crippen molar-refractivity contribution in [3.05, 3.63) is 36.5 Å². The van der Waals surface area contributed by atoms with E-state index in [1.165, 1.54) is 379 Å². The Labute approximate surface area is 599 Å². The van der Waals surface area contributed by atoms with E-state index in [1.54, 1.807) is 0 Å². The first-order valence-electron chi connectivity index (χ1n) is 42.7. The van der Waals surface area contributed by atoms with Crippen molar-refractivity contribution in [3.8, 4) is 0 Å². The molecule has 0 amide bonds. The summed E-state index contributed by atoms with van der Waals surface area (Å²) in [5.74, 6) is -0.804. The molecule has 0 saturated carbocycles. The van der Waals surface area contributed by atoms with Crippen LogP contribution in [0, 0.1) is 0 Å². The standard InChI is InChI=1S/C86H166NO8P/c1-6-8-10-12-14-16-18-20-22-24-26-28-30-32-34-36-38-40-41-42-43-44-45-47-49-51-53-55-57-59-61-63-65-67-69-71-73-75-77-79-86(89)95-84(83-94-96(90,91)93-81-80-87(3,4)5)82-92-85(88)78-76-74-72-70-68-66-64-62-60-58-56-54-52-50-48-46-39-37-35-33-31-29-27-25-23-21-19-17-15-13-11-9-7-2/h18,20,24-27,84H,6-17,19,21-23,28-83H2,1-5H3/b20-18-,26-24-,27-25-. The average Bonchev–Trinajstić information content (AvgIpc) is 1.98. The molecule has 0 aliphatic heterocycles. The van der Waals surface area contributed by atoms with E-state index in [0.717, 1.165) is 38.5 Å². The van der Waals surface area contributed by atoms with Crippen molar-refractivity contribution >= 4 is 19.8 Å². The molecule has 96 heavy (non-hydrogen) atoms. The van der Waals surface area contributed by atoms with Gasteiger partial charge in [-0.1, -0.05) is 403 Å². The number of hydrogen-bond acceptors (Lipinski definition) is 8. The molecule has 2 atom stereocenters. The second-order valence-corrected chi connectivity index (χ2v) is 32.0. The van der Waals surface area contributed by atoms with Gasteiger partial charge in [0.05, 0.1) is 27.7 Å². The number of likely N-dealkylation sites (N-methyl/N-ethyl adjacent to an activating group) is 1. The van der Waals surface area contributed by atoms with E-state index < -0.39 is 26.5 Å². The normalized spacial score (nSPS) is 13.1. The second-order valence-electron chi connectivity index (χ2n) is 30.5. The number of carbonyl (C=O) groups is 2. The highest BCUT2D eigenvalue weighted by molar-refractivity contribution is 7.45. The fourth-order valence-electron chi connectivity index (χ4n) is 13.1. The van der Waals surface area contributed by atoms with Crippen LogP contribution < -0.4 is 4.89 Å². The molecule has 0 N–H and O–H groups in total. The molecule has 0 spiro atoms. The van der Waals surface area contributed by atoms with Crippen LogP contribution in [0.15, 0.2) is 36.5 Å². The summed E-state index contributed by atoms with van der Waals surface area (Å²) in [6.07, 6.45) is 102. The summed E-state index contributed by atoms with van der Waals surface area (Å²) in [6, 6.07) is 0. The van der Waals surface area contributed by atoms with Gasteiger partial charge in [-0.15, -0.1) is 0 Å². The molecule has 568 valence electrons. The van der Waals surface area contributed by atoms with Crippen LogP contribution in [-0.4, -0.2) is 70.0 Å². The number of esters is 2. The van der Waals surface area contributed by atoms with Crippen LogP contribution in [0.2, 0.25) is 0 Å². The SMILES string of the molecule is CCCCCCC/C=C\C/C=C\CCCCCCCCCCCCCCCCCCCCCCCCCCCCCC(=O)OC(COC(=O)CCCCCCCCCCCCCCCCCCCCCCC/C=C\CCCCCCCCCC)COP(=O)([O-])OCC[N+](C)(C)C. The molecule has 0 bridgehead atoms. The Morgan fingerprint density at radius 2 is 0.562 bits per heavy atom. The first kappa shape index (κ1) is 94.2. The van der Waals surface area contributed by atoms with E-state index >= 15 is 0 Å². The van der Waals surface area contributed by atoms with Crippen LogP contribution in [-0.2, 0) is 32.7 Å². The summed E-state index contributed by atoms with van der Waals surface area (Å²) in [5.41, 5.74) is 0. The molecule has 0 aliphatic rings. The largest absolute Gasteiger partial charge is 0.756 e. The minimum atomic E-state index is -4.64. The molecule has 0 saturated heterocycles. The molecule has 0 rings (SSSR count). The van der Waals surface area contributed by atoms with Gasteiger partial charge in [-0.3, -0.25) is 14.2 Å². The number of phosphoric ester groups is 1. The Hall–Kier alpha value is -1.77. The van der Waals surface area contributed by atoms with Gasteiger partial charge in [0.1, 0.15) is 19.8 Å². The summed E-state index contributed by atoms with van der Waals surface area (Å²) < 4.78 is 34.5. The quantitative estimate of drug-likeness (QED) is 0.0195. The van der Waals surface area contributed by atoms with Crippen molar-refractivity contribution in [1.82, 2.24) is 0 Å². The summed E-state index contributed by atoms with van der Waals surface area (Å²) >= 11 is 0. The number of hydrogen-bond donors (Lipinski definition) is 0. The predicted octanol–water partition coefficient (Wildman–Crippen LogP) is 27.9. The highest BCUT2D eigenvalue weighted by Crippen LogP contribution is 2.38. The zero-order valence-corrected chi connectivity index (χ0v) is 66.0. The molecule has 10 heteroatoms. The lowest BCUT2D eigenvalue weighted by Crippen LogP contribution is -2.37. The number of nitrogens with zero attached hydrogens (tertiary/aromatic N) is 1. The maximum Gasteiger partial charge on any atom is 0.306 e. The number of quaternary nitrogens is 1. The molecule has 0 aromatic carbocycles. The number of allylic oxidation sites excluding steroid dienone is 6. The fourth-order valence-corrected chi connectivity index (χ4v) is 13.8. The fraction of sp³-hybridized carbons (Fsp3) is 0.907. The third kappa shape index (κ3) is 81.2. The van der Waals surface area contributed by atoms with Gasteiger partial charge in [0, 0.05) is 12.8 Å². The Bertz CT molecular complexity index is 1710. The first-order chi connectivity index (χ1) is 47.0. The van der Waals surface area contributed by atoms with Crippen LogP contribution in [0.5, 0.6) is 0 Å². The van der Waals surface area contributed by atoms with Gasteiger partial charge in [-0.25, -0.2) is 0 Å². The molecule has 0 aromatic rings. The number of rotatable bonds is 81. The van der Waals surface area contributed by atoms with Gasteiger partial charge < -0.3 is 27.9 Å². The summed E-state index contributed by atoms with van der Waals surface area (Å²) in [6.45, 7) is 4.32. The van der Waals surface area contributed by atoms with Gasteiger partial charge in [0.2, 0.25) is 0 Å². The van der Waals surface area contributed by atoms with E-state index in [0.29, 0.717) is 17.4 Å². The van der Waals surface area contributed by atoms with Crippen LogP contribution in [0.4, 0.5) is 0 Å². The minimum absolute atomic E-state index is 0.0267. The monoisotopic (exact) mass is 1370 g/mol. The molecule has 0 aromatic heterocycles. The van der Waals surface area contributed by atoms with E-state index in [1.807, 2.05) is 21.1 Å². The topological polar surface area (TPSA) is 111 Å². The minimum Gasteiger partial charge on any atom is -0.756 e. The predicted molar refractivity (Wildman–Crippen MR) is 416 cm³/mol. The van der Waals surface area contributed by atoms with Gasteiger partial charge >= 0.3 is 11.9 Å². The number of phosphoric acid groups is 1. The summed E-state index contributed by atoms with van der Waals surface area (Å²) in [7, 11) is 1.19. The van der Waals surface area contributed by atoms with Gasteiger partial charge in [0.15, 0.2) is 6.10 Å². The van der Waals surface area contributed by atoms with Crippen molar-refractivity contribution in [2.24, 2.45) is 0 Å². The van der Waals surface area contributed by atoms with Crippen LogP contribution in [0.1, 0.15) is 450 Å². The van der Waals surface area contributed by atoms with Gasteiger partial charge in [-0.2, -0.15) is 0 Å². The average molecular weight is 1370 g/mol. The van der Waals surface area contributed by atoms with E-state index in [-0.39, 0.29) is 32.0 Å². The maximum absolute atomic E-state index is 12.9. The number of unbranched alkanes of at least 4 members (excludes halogenated alkanes) is 61. The van der Waals surface area contributed by atoms with Crippen molar-refractivity contribution in [2.45, 2.75) is 457 Å². The molecular formula is C86H166NO8P. The zero-order valence-electron chi connectivity index (χ0n) is 65.1. The van der Waals surface area contributed by atoms with Crippen molar-refractivity contribution in [2.75, 3.05) is 47.5 Å². The first-order valence-corrected chi connectivity index (χ1v) is 44.2. The van der Waals surface area contributed by atoms with Crippen molar-refractivity contribution in [3.63, 3.8) is 0 Å². The molecule has 0 radical (unpaired) electrons. The Morgan fingerprint density at radius 1 is 0.323 bits per heavy atom. The third-order valence-electron chi connectivity index (χ3n) is 19.6. The lowest BCUT2D eigenvalue weighted by molar-refractivity contribution is -0.870. The van der Waals surface area contributed by atoms with Gasteiger partial charge in [-0.05, 0) is 70.6 Å². The molecule has 0 aliphatic carbocycles. The lowest BCUT2D eigenvalue weighted by atomic mass is 10.0. The number of carbonyl (C=O) groups excluding carboxylic acids is 2. The van der Waals surface area contributed by atoms with Crippen LogP contribution >= 0.6 is 7.82 Å². The molecule has 0 heterocycles. The third-order valence-corrected chi connectivity index (χ3v) is 20.6. The van der Waals surface area contributed by atoms with E-state index in [2.05, 4.69) is 50.3 Å². The molecule has 2 unspecified atom stereocenters. The van der Waals surface area contributed by atoms with Crippen LogP contribution in [0.3, 0.4) is 0 Å². The Kier molecular flexibility index (Phi) is 76.0. The Morgan fingerprint density at radius 3 is 0.833 bits per heavy atom. The maximum atomic E-state index is 12.9. The van der Waals surface area contributed by atoms with Crippen molar-refractivity contribution < 1.29 is 42.1 Å². The number of ether oxygens (including phenoxy) is 2. The van der Waals surface area contributed by atoms with E-state index in [4.69, 9.17) is 18.5 Å². The van der Waals surface area contributed by atoms with Gasteiger partial charge in [0.25, 0.3) is 7.82 Å². The van der Waals surface area contributed by atoms with E-state index in [9.17, 15) is 19.0 Å². The zero-order chi connectivity index (χ0) is 69.7. The van der Waals surface area contributed by atoms with Crippen molar-refractivity contribution in [1.29, 1.82) is 0 Å². The Balaban J connectivity index is 3.86. The summed E-state index contributed by atoms with van der Waals surface area (Å²) in [4.78, 5) is 38.2. The highest BCUT2D eigenvalue weighted by atomic mass is 31.2. The molecular weight excluding hydrogens is 1210 g/mol. The highest BCUT2D eigenvalue weighted by Gasteiger charge is 2.22. The lowest BCUT2D eigenvalue weighted by Gasteiger charge is -2.28. The smallest absolute Gasteiger partial charge is 0.306 e. The second kappa shape index (κ2) is 77.4. The van der Waals surface area contributed by atoms with Crippen LogP contribution in [0.25, 0.3) is 0 Å².